The van der Waals surface area contributed by atoms with Gasteiger partial charge in [-0.2, -0.15) is 0 Å². The molecule has 2 saturated heterocycles. The molecule has 6 heteroatoms. The van der Waals surface area contributed by atoms with Crippen LogP contribution in [0.25, 0.3) is 0 Å². The van der Waals surface area contributed by atoms with Gasteiger partial charge in [0.25, 0.3) is 0 Å². The Bertz CT molecular complexity index is 668. The molecule has 0 aromatic heterocycles. The Balaban J connectivity index is 1.50. The maximum Gasteiger partial charge on any atom is 0.194 e. The predicted molar refractivity (Wildman–Crippen MR) is 110 cm³/mol. The Morgan fingerprint density at radius 2 is 1.93 bits per heavy atom. The molecule has 3 fully saturated rings. The van der Waals surface area contributed by atoms with Gasteiger partial charge in [0.15, 0.2) is 5.96 Å². The lowest BCUT2D eigenvalue weighted by Crippen LogP contribution is -2.44. The molecule has 1 unspecified atom stereocenters. The number of morpholine rings is 1. The van der Waals surface area contributed by atoms with E-state index in [1.165, 1.54) is 25.7 Å². The van der Waals surface area contributed by atoms with E-state index in [0.29, 0.717) is 12.0 Å². The predicted octanol–water partition coefficient (Wildman–Crippen LogP) is 3.04. The second-order valence-electron chi connectivity index (χ2n) is 8.44. The zero-order valence-electron chi connectivity index (χ0n) is 17.0. The SMILES string of the molecule is CCNC(=NCC(c1ccc(F)cc1)N1CCOCC1)N1CCC2(CCC2)C1. The maximum atomic E-state index is 13.4. The summed E-state index contributed by atoms with van der Waals surface area (Å²) in [6, 6.07) is 7.06. The van der Waals surface area contributed by atoms with E-state index in [4.69, 9.17) is 9.73 Å². The first-order valence-corrected chi connectivity index (χ1v) is 10.8. The van der Waals surface area contributed by atoms with Gasteiger partial charge in [-0.3, -0.25) is 9.89 Å². The van der Waals surface area contributed by atoms with Crippen molar-refractivity contribution in [2.75, 3.05) is 52.5 Å². The van der Waals surface area contributed by atoms with Crippen molar-refractivity contribution in [1.82, 2.24) is 15.1 Å². The summed E-state index contributed by atoms with van der Waals surface area (Å²) < 4.78 is 19.0. The van der Waals surface area contributed by atoms with Crippen LogP contribution < -0.4 is 5.32 Å². The molecule has 0 radical (unpaired) electrons. The van der Waals surface area contributed by atoms with Crippen molar-refractivity contribution in [3.8, 4) is 0 Å². The molecule has 1 aromatic rings. The Labute approximate surface area is 167 Å². The van der Waals surface area contributed by atoms with E-state index in [0.717, 1.165) is 57.5 Å². The quantitative estimate of drug-likeness (QED) is 0.622. The Hall–Kier alpha value is -1.66. The molecular weight excluding hydrogens is 355 g/mol. The summed E-state index contributed by atoms with van der Waals surface area (Å²) >= 11 is 0. The highest BCUT2D eigenvalue weighted by Gasteiger charge is 2.43. The van der Waals surface area contributed by atoms with Crippen LogP contribution in [0.5, 0.6) is 0 Å². The van der Waals surface area contributed by atoms with Gasteiger partial charge in [0.2, 0.25) is 0 Å². The van der Waals surface area contributed by atoms with Crippen LogP contribution in [0.4, 0.5) is 4.39 Å². The number of rotatable bonds is 5. The third-order valence-electron chi connectivity index (χ3n) is 6.64. The minimum absolute atomic E-state index is 0.151. The molecule has 5 nitrogen and oxygen atoms in total. The lowest BCUT2D eigenvalue weighted by molar-refractivity contribution is 0.0179. The highest BCUT2D eigenvalue weighted by atomic mass is 19.1. The van der Waals surface area contributed by atoms with Crippen LogP contribution in [0.1, 0.15) is 44.2 Å². The number of aliphatic imine (C=N–C) groups is 1. The van der Waals surface area contributed by atoms with Crippen LogP contribution in [-0.2, 0) is 4.74 Å². The topological polar surface area (TPSA) is 40.1 Å². The first-order valence-electron chi connectivity index (χ1n) is 10.8. The molecular formula is C22H33FN4O. The number of hydrogen-bond acceptors (Lipinski definition) is 3. The number of hydrogen-bond donors (Lipinski definition) is 1. The molecule has 0 amide bonds. The summed E-state index contributed by atoms with van der Waals surface area (Å²) in [6.07, 6.45) is 5.41. The fourth-order valence-corrected chi connectivity index (χ4v) is 4.81. The molecule has 2 heterocycles. The van der Waals surface area contributed by atoms with Crippen LogP contribution in [0.3, 0.4) is 0 Å². The molecule has 2 aliphatic heterocycles. The van der Waals surface area contributed by atoms with E-state index < -0.39 is 0 Å². The lowest BCUT2D eigenvalue weighted by Gasteiger charge is -2.38. The van der Waals surface area contributed by atoms with E-state index in [-0.39, 0.29) is 11.9 Å². The normalized spacial score (nSPS) is 23.6. The molecule has 3 aliphatic rings. The second kappa shape index (κ2) is 8.78. The molecule has 1 spiro atoms. The average Bonchev–Trinajstić information content (AvgIpc) is 3.16. The molecule has 28 heavy (non-hydrogen) atoms. The largest absolute Gasteiger partial charge is 0.379 e. The molecule has 1 N–H and O–H groups in total. The van der Waals surface area contributed by atoms with Gasteiger partial charge in [-0.1, -0.05) is 18.6 Å². The summed E-state index contributed by atoms with van der Waals surface area (Å²) in [4.78, 5) is 9.91. The Morgan fingerprint density at radius 3 is 2.54 bits per heavy atom. The summed E-state index contributed by atoms with van der Waals surface area (Å²) in [5.74, 6) is 0.843. The number of benzene rings is 1. The molecule has 4 rings (SSSR count). The zero-order chi connectivity index (χ0) is 19.4. The van der Waals surface area contributed by atoms with Crippen molar-refractivity contribution in [2.45, 2.75) is 38.6 Å². The average molecular weight is 389 g/mol. The van der Waals surface area contributed by atoms with Crippen LogP contribution in [0.15, 0.2) is 29.3 Å². The molecule has 1 atom stereocenters. The summed E-state index contributed by atoms with van der Waals surface area (Å²) in [7, 11) is 0. The van der Waals surface area contributed by atoms with Gasteiger partial charge in [0.05, 0.1) is 25.8 Å². The van der Waals surface area contributed by atoms with Crippen molar-refractivity contribution in [3.63, 3.8) is 0 Å². The Morgan fingerprint density at radius 1 is 1.18 bits per heavy atom. The van der Waals surface area contributed by atoms with Crippen molar-refractivity contribution in [3.05, 3.63) is 35.6 Å². The van der Waals surface area contributed by atoms with Crippen molar-refractivity contribution < 1.29 is 9.13 Å². The van der Waals surface area contributed by atoms with Crippen LogP contribution >= 0.6 is 0 Å². The maximum absolute atomic E-state index is 13.4. The Kier molecular flexibility index (Phi) is 6.16. The molecule has 1 saturated carbocycles. The van der Waals surface area contributed by atoms with Gasteiger partial charge in [0.1, 0.15) is 5.82 Å². The van der Waals surface area contributed by atoms with Gasteiger partial charge < -0.3 is 15.0 Å². The van der Waals surface area contributed by atoms with Crippen molar-refractivity contribution >= 4 is 5.96 Å². The number of ether oxygens (including phenoxy) is 1. The van der Waals surface area contributed by atoms with Crippen LogP contribution in [-0.4, -0.2) is 68.2 Å². The van der Waals surface area contributed by atoms with E-state index in [1.807, 2.05) is 12.1 Å². The molecule has 1 aliphatic carbocycles. The first kappa shape index (κ1) is 19.6. The first-order chi connectivity index (χ1) is 13.7. The summed E-state index contributed by atoms with van der Waals surface area (Å²) in [6.45, 7) is 9.19. The molecule has 154 valence electrons. The number of guanidine groups is 1. The van der Waals surface area contributed by atoms with Crippen LogP contribution in [0, 0.1) is 11.2 Å². The van der Waals surface area contributed by atoms with Crippen LogP contribution in [0.2, 0.25) is 0 Å². The number of nitrogens with zero attached hydrogens (tertiary/aromatic N) is 3. The lowest BCUT2D eigenvalue weighted by atomic mass is 9.68. The van der Waals surface area contributed by atoms with Gasteiger partial charge in [0, 0.05) is 32.7 Å². The molecule has 1 aromatic carbocycles. The van der Waals surface area contributed by atoms with Crippen molar-refractivity contribution in [1.29, 1.82) is 0 Å². The van der Waals surface area contributed by atoms with Gasteiger partial charge in [-0.05, 0) is 49.3 Å². The standard InChI is InChI=1S/C22H33FN4O/c1-2-24-21(27-11-10-22(17-27)8-3-9-22)25-16-20(26-12-14-28-15-13-26)18-4-6-19(23)7-5-18/h4-7,20H,2-3,8-17H2,1H3,(H,24,25). The third kappa shape index (κ3) is 4.33. The number of nitrogens with one attached hydrogen (secondary N) is 1. The van der Waals surface area contributed by atoms with Crippen molar-refractivity contribution in [2.24, 2.45) is 10.4 Å². The van der Waals surface area contributed by atoms with Gasteiger partial charge in [-0.25, -0.2) is 4.39 Å². The fourth-order valence-electron chi connectivity index (χ4n) is 4.81. The monoisotopic (exact) mass is 388 g/mol. The van der Waals surface area contributed by atoms with E-state index >= 15 is 0 Å². The third-order valence-corrected chi connectivity index (χ3v) is 6.64. The van der Waals surface area contributed by atoms with Gasteiger partial charge >= 0.3 is 0 Å². The summed E-state index contributed by atoms with van der Waals surface area (Å²) in [5, 5.41) is 3.50. The van der Waals surface area contributed by atoms with E-state index in [2.05, 4.69) is 22.0 Å². The minimum atomic E-state index is -0.191. The number of halogens is 1. The second-order valence-corrected chi connectivity index (χ2v) is 8.44. The fraction of sp³-hybridized carbons (Fsp3) is 0.682. The smallest absolute Gasteiger partial charge is 0.194 e. The highest BCUT2D eigenvalue weighted by molar-refractivity contribution is 5.80. The number of likely N-dealkylation sites (tertiary alicyclic amines) is 1. The van der Waals surface area contributed by atoms with E-state index in [1.54, 1.807) is 12.1 Å². The van der Waals surface area contributed by atoms with Gasteiger partial charge in [-0.15, -0.1) is 0 Å². The molecule has 0 bridgehead atoms. The minimum Gasteiger partial charge on any atom is -0.379 e. The van der Waals surface area contributed by atoms with E-state index in [9.17, 15) is 4.39 Å². The highest BCUT2D eigenvalue weighted by Crippen LogP contribution is 2.47. The summed E-state index contributed by atoms with van der Waals surface area (Å²) in [5.41, 5.74) is 1.68. The zero-order valence-corrected chi connectivity index (χ0v) is 17.0.